The molecule has 0 saturated carbocycles. The Balaban J connectivity index is 1.91. The van der Waals surface area contributed by atoms with Crippen LogP contribution in [0, 0.1) is 11.6 Å². The lowest BCUT2D eigenvalue weighted by Crippen LogP contribution is -2.05. The van der Waals surface area contributed by atoms with Gasteiger partial charge in [0, 0.05) is 5.56 Å². The summed E-state index contributed by atoms with van der Waals surface area (Å²) in [6.07, 6.45) is 1.50. The molecule has 104 valence electrons. The van der Waals surface area contributed by atoms with Gasteiger partial charge in [-0.15, -0.1) is 0 Å². The molecule has 0 radical (unpaired) electrons. The van der Waals surface area contributed by atoms with Crippen molar-refractivity contribution in [1.29, 1.82) is 0 Å². The Morgan fingerprint density at radius 3 is 2.10 bits per heavy atom. The van der Waals surface area contributed by atoms with Gasteiger partial charge < -0.3 is 4.74 Å². The Kier molecular flexibility index (Phi) is 3.31. The van der Waals surface area contributed by atoms with Crippen LogP contribution in [0.25, 0.3) is 6.08 Å². The number of hydrogen-bond acceptors (Lipinski definition) is 3. The van der Waals surface area contributed by atoms with Crippen LogP contribution in [0.1, 0.15) is 11.1 Å². The number of aliphatic imine (C=N–C) groups is 1. The topological polar surface area (TPSA) is 38.7 Å². The molecular weight excluding hydrogens is 276 g/mol. The molecule has 0 atom stereocenters. The van der Waals surface area contributed by atoms with E-state index in [4.69, 9.17) is 4.74 Å². The van der Waals surface area contributed by atoms with E-state index in [0.717, 1.165) is 0 Å². The third kappa shape index (κ3) is 2.86. The first-order valence-corrected chi connectivity index (χ1v) is 6.16. The summed E-state index contributed by atoms with van der Waals surface area (Å²) in [7, 11) is 0. The van der Waals surface area contributed by atoms with E-state index in [2.05, 4.69) is 4.99 Å². The van der Waals surface area contributed by atoms with Crippen molar-refractivity contribution in [3.8, 4) is 0 Å². The van der Waals surface area contributed by atoms with Crippen molar-refractivity contribution in [2.75, 3.05) is 0 Å². The van der Waals surface area contributed by atoms with E-state index < -0.39 is 5.97 Å². The normalized spacial score (nSPS) is 16.0. The molecule has 2 aromatic rings. The van der Waals surface area contributed by atoms with E-state index >= 15 is 0 Å². The molecule has 0 fully saturated rings. The van der Waals surface area contributed by atoms with Gasteiger partial charge in [-0.05, 0) is 48.0 Å². The predicted octanol–water partition coefficient (Wildman–Crippen LogP) is 3.31. The summed E-state index contributed by atoms with van der Waals surface area (Å²) in [5, 5.41) is 0. The van der Waals surface area contributed by atoms with Crippen molar-refractivity contribution in [1.82, 2.24) is 0 Å². The summed E-state index contributed by atoms with van der Waals surface area (Å²) in [5.74, 6) is -1.22. The molecule has 1 heterocycles. The van der Waals surface area contributed by atoms with Crippen molar-refractivity contribution in [3.05, 3.63) is 77.0 Å². The molecule has 5 heteroatoms. The van der Waals surface area contributed by atoms with Gasteiger partial charge in [0.15, 0.2) is 5.70 Å². The highest BCUT2D eigenvalue weighted by Gasteiger charge is 2.24. The van der Waals surface area contributed by atoms with Gasteiger partial charge in [0.05, 0.1) is 0 Å². The highest BCUT2D eigenvalue weighted by molar-refractivity contribution is 6.12. The first-order valence-electron chi connectivity index (χ1n) is 6.16. The third-order valence-electron chi connectivity index (χ3n) is 2.89. The quantitative estimate of drug-likeness (QED) is 0.627. The van der Waals surface area contributed by atoms with E-state index in [1.54, 1.807) is 0 Å². The minimum absolute atomic E-state index is 0.112. The second-order valence-electron chi connectivity index (χ2n) is 4.39. The number of carbonyl (C=O) groups is 1. The van der Waals surface area contributed by atoms with Crippen molar-refractivity contribution >= 4 is 17.9 Å². The maximum Gasteiger partial charge on any atom is 0.363 e. The number of ether oxygens (including phenoxy) is 1. The summed E-state index contributed by atoms with van der Waals surface area (Å²) >= 11 is 0. The smallest absolute Gasteiger partial charge is 0.363 e. The Hall–Kier alpha value is -2.82. The zero-order valence-electron chi connectivity index (χ0n) is 10.7. The van der Waals surface area contributed by atoms with Gasteiger partial charge in [0.1, 0.15) is 11.6 Å². The molecule has 0 saturated heterocycles. The molecule has 0 bridgehead atoms. The van der Waals surface area contributed by atoms with Crippen molar-refractivity contribution in [2.45, 2.75) is 0 Å². The lowest BCUT2D eigenvalue weighted by atomic mass is 10.2. The Morgan fingerprint density at radius 2 is 1.48 bits per heavy atom. The Labute approximate surface area is 119 Å². The highest BCUT2D eigenvalue weighted by Crippen LogP contribution is 2.19. The van der Waals surface area contributed by atoms with Crippen LogP contribution in [0.2, 0.25) is 0 Å². The van der Waals surface area contributed by atoms with Gasteiger partial charge in [-0.2, -0.15) is 0 Å². The number of halogens is 2. The van der Waals surface area contributed by atoms with Crippen molar-refractivity contribution < 1.29 is 18.3 Å². The number of rotatable bonds is 2. The molecular formula is C16H9F2NO2. The molecule has 3 rings (SSSR count). The molecule has 0 aromatic heterocycles. The van der Waals surface area contributed by atoms with Crippen LogP contribution >= 0.6 is 0 Å². The Bertz CT molecular complexity index is 747. The van der Waals surface area contributed by atoms with Gasteiger partial charge in [-0.25, -0.2) is 18.6 Å². The monoisotopic (exact) mass is 285 g/mol. The van der Waals surface area contributed by atoms with E-state index in [-0.39, 0.29) is 23.2 Å². The number of nitrogens with zero attached hydrogens (tertiary/aromatic N) is 1. The fourth-order valence-electron chi connectivity index (χ4n) is 1.84. The van der Waals surface area contributed by atoms with E-state index in [0.29, 0.717) is 11.1 Å². The van der Waals surface area contributed by atoms with Gasteiger partial charge in [-0.1, -0.05) is 12.1 Å². The largest absolute Gasteiger partial charge is 0.402 e. The molecule has 3 nitrogen and oxygen atoms in total. The predicted molar refractivity (Wildman–Crippen MR) is 73.4 cm³/mol. The zero-order valence-corrected chi connectivity index (χ0v) is 10.7. The lowest BCUT2D eigenvalue weighted by molar-refractivity contribution is -0.129. The van der Waals surface area contributed by atoms with Gasteiger partial charge >= 0.3 is 5.97 Å². The number of hydrogen-bond donors (Lipinski definition) is 0. The summed E-state index contributed by atoms with van der Waals surface area (Å²) in [5.41, 5.74) is 1.25. The number of cyclic esters (lactones) is 1. The SMILES string of the molecule is O=C1OC(c2ccc(F)cc2)=NC1=Cc1ccc(F)cc1. The summed E-state index contributed by atoms with van der Waals surface area (Å²) in [6.45, 7) is 0. The molecule has 0 amide bonds. The second kappa shape index (κ2) is 5.28. The highest BCUT2D eigenvalue weighted by atomic mass is 19.1. The summed E-state index contributed by atoms with van der Waals surface area (Å²) < 4.78 is 30.7. The van der Waals surface area contributed by atoms with E-state index in [1.165, 1.54) is 54.6 Å². The minimum atomic E-state index is -0.598. The van der Waals surface area contributed by atoms with Crippen LogP contribution in [0.5, 0.6) is 0 Å². The number of esters is 1. The van der Waals surface area contributed by atoms with Crippen molar-refractivity contribution in [3.63, 3.8) is 0 Å². The molecule has 1 aliphatic heterocycles. The van der Waals surface area contributed by atoms with Gasteiger partial charge in [0.2, 0.25) is 5.90 Å². The molecule has 0 spiro atoms. The second-order valence-corrected chi connectivity index (χ2v) is 4.39. The molecule has 0 unspecified atom stereocenters. The molecule has 1 aliphatic rings. The van der Waals surface area contributed by atoms with Crippen LogP contribution in [0.3, 0.4) is 0 Å². The fraction of sp³-hybridized carbons (Fsp3) is 0. The van der Waals surface area contributed by atoms with Gasteiger partial charge in [0.25, 0.3) is 0 Å². The van der Waals surface area contributed by atoms with E-state index in [1.807, 2.05) is 0 Å². The first kappa shape index (κ1) is 13.2. The van der Waals surface area contributed by atoms with Crippen LogP contribution in [0.4, 0.5) is 8.78 Å². The average molecular weight is 285 g/mol. The first-order chi connectivity index (χ1) is 10.1. The summed E-state index contributed by atoms with van der Waals surface area (Å²) in [6, 6.07) is 11.1. The lowest BCUT2D eigenvalue weighted by Gasteiger charge is -1.98. The van der Waals surface area contributed by atoms with Crippen LogP contribution in [-0.4, -0.2) is 11.9 Å². The molecule has 21 heavy (non-hydrogen) atoms. The molecule has 0 aliphatic carbocycles. The standard InChI is InChI=1S/C16H9F2NO2/c17-12-5-1-10(2-6-12)9-14-16(20)21-15(19-14)11-3-7-13(18)8-4-11/h1-9H. The van der Waals surface area contributed by atoms with Crippen LogP contribution in [0.15, 0.2) is 59.2 Å². The number of benzene rings is 2. The van der Waals surface area contributed by atoms with Crippen LogP contribution in [-0.2, 0) is 9.53 Å². The molecule has 2 aromatic carbocycles. The van der Waals surface area contributed by atoms with Gasteiger partial charge in [-0.3, -0.25) is 0 Å². The van der Waals surface area contributed by atoms with E-state index in [9.17, 15) is 13.6 Å². The fourth-order valence-corrected chi connectivity index (χ4v) is 1.84. The average Bonchev–Trinajstić information content (AvgIpc) is 2.83. The minimum Gasteiger partial charge on any atom is -0.402 e. The number of carbonyl (C=O) groups excluding carboxylic acids is 1. The summed E-state index contributed by atoms with van der Waals surface area (Å²) in [4.78, 5) is 15.8. The van der Waals surface area contributed by atoms with Crippen LogP contribution < -0.4 is 0 Å². The van der Waals surface area contributed by atoms with Crippen molar-refractivity contribution in [2.24, 2.45) is 4.99 Å². The molecule has 0 N–H and O–H groups in total. The zero-order chi connectivity index (χ0) is 14.8. The maximum absolute atomic E-state index is 12.9. The maximum atomic E-state index is 12.9. The third-order valence-corrected chi connectivity index (χ3v) is 2.89. The Morgan fingerprint density at radius 1 is 0.905 bits per heavy atom.